The molecule has 0 aliphatic carbocycles. The second kappa shape index (κ2) is 7.33. The number of nitrogens with zero attached hydrogens (tertiary/aromatic N) is 2. The number of halogens is 1. The zero-order valence-corrected chi connectivity index (χ0v) is 16.7. The summed E-state index contributed by atoms with van der Waals surface area (Å²) >= 11 is 5.02. The van der Waals surface area contributed by atoms with Crippen LogP contribution in [-0.4, -0.2) is 33.8 Å². The lowest BCUT2D eigenvalue weighted by atomic mass is 9.94. The maximum atomic E-state index is 12.8. The van der Waals surface area contributed by atoms with Crippen LogP contribution >= 0.6 is 27.7 Å². The van der Waals surface area contributed by atoms with E-state index in [0.29, 0.717) is 28.6 Å². The van der Waals surface area contributed by atoms with Gasteiger partial charge in [-0.3, -0.25) is 9.69 Å². The lowest BCUT2D eigenvalue weighted by Crippen LogP contribution is -2.46. The largest absolute Gasteiger partial charge is 0.459 e. The summed E-state index contributed by atoms with van der Waals surface area (Å²) in [6, 6.07) is 7.14. The third kappa shape index (κ3) is 3.67. The quantitative estimate of drug-likeness (QED) is 0.689. The number of allylic oxidation sites excluding steroid dienone is 1. The molecule has 0 unspecified atom stereocenters. The van der Waals surface area contributed by atoms with Gasteiger partial charge in [0.1, 0.15) is 0 Å². The van der Waals surface area contributed by atoms with E-state index in [4.69, 9.17) is 4.74 Å². The maximum Gasteiger partial charge on any atom is 0.338 e. The minimum absolute atomic E-state index is 0.0233. The van der Waals surface area contributed by atoms with Crippen molar-refractivity contribution in [1.29, 1.82) is 0 Å². The summed E-state index contributed by atoms with van der Waals surface area (Å²) in [4.78, 5) is 31.6. The van der Waals surface area contributed by atoms with Crippen LogP contribution in [0.25, 0.3) is 0 Å². The number of aliphatic imine (C=N–C) groups is 1. The number of fused-ring (bicyclic) bond motifs is 1. The second-order valence-corrected chi connectivity index (χ2v) is 8.15. The minimum Gasteiger partial charge on any atom is -0.459 e. The smallest absolute Gasteiger partial charge is 0.338 e. The molecule has 1 fully saturated rings. The highest BCUT2D eigenvalue weighted by molar-refractivity contribution is 9.10. The van der Waals surface area contributed by atoms with Crippen LogP contribution in [0.4, 0.5) is 0 Å². The Balaban J connectivity index is 2.14. The molecule has 2 aliphatic rings. The standard InChI is InChI=1S/C18H19BrN2O3S/c1-10(2)24-17(23)15-11(3)20-18-21(14(22)7-8-25-18)16(15)12-5-4-6-13(19)9-12/h4-6,9-10,16H,7-8H2,1-3H3/t16-/m1/s1. The van der Waals surface area contributed by atoms with Gasteiger partial charge in [-0.1, -0.05) is 39.8 Å². The highest BCUT2D eigenvalue weighted by Crippen LogP contribution is 2.40. The van der Waals surface area contributed by atoms with Gasteiger partial charge in [0.05, 0.1) is 23.4 Å². The first-order valence-corrected chi connectivity index (χ1v) is 9.87. The van der Waals surface area contributed by atoms with Gasteiger partial charge in [0.2, 0.25) is 5.91 Å². The van der Waals surface area contributed by atoms with Gasteiger partial charge in [0.15, 0.2) is 5.17 Å². The van der Waals surface area contributed by atoms with Crippen molar-refractivity contribution in [2.24, 2.45) is 4.99 Å². The molecule has 25 heavy (non-hydrogen) atoms. The minimum atomic E-state index is -0.517. The molecule has 1 saturated heterocycles. The number of hydrogen-bond donors (Lipinski definition) is 0. The second-order valence-electron chi connectivity index (χ2n) is 6.17. The van der Waals surface area contributed by atoms with Gasteiger partial charge in [-0.2, -0.15) is 0 Å². The van der Waals surface area contributed by atoms with E-state index in [9.17, 15) is 9.59 Å². The van der Waals surface area contributed by atoms with Gasteiger partial charge in [-0.25, -0.2) is 9.79 Å². The molecular formula is C18H19BrN2O3S. The Hall–Kier alpha value is -1.60. The number of rotatable bonds is 3. The number of hydrogen-bond acceptors (Lipinski definition) is 5. The van der Waals surface area contributed by atoms with E-state index in [1.165, 1.54) is 0 Å². The van der Waals surface area contributed by atoms with E-state index >= 15 is 0 Å². The van der Waals surface area contributed by atoms with Crippen molar-refractivity contribution >= 4 is 44.7 Å². The number of benzene rings is 1. The number of carbonyl (C=O) groups is 2. The molecule has 2 heterocycles. The molecule has 0 saturated carbocycles. The molecular weight excluding hydrogens is 404 g/mol. The topological polar surface area (TPSA) is 59.0 Å². The molecule has 7 heteroatoms. The summed E-state index contributed by atoms with van der Waals surface area (Å²) in [5, 5.41) is 0.653. The molecule has 1 atom stereocenters. The highest BCUT2D eigenvalue weighted by atomic mass is 79.9. The Morgan fingerprint density at radius 1 is 1.44 bits per heavy atom. The molecule has 0 aromatic heterocycles. The average molecular weight is 423 g/mol. The predicted molar refractivity (Wildman–Crippen MR) is 102 cm³/mol. The Labute approximate surface area is 159 Å². The Morgan fingerprint density at radius 3 is 2.88 bits per heavy atom. The normalized spacial score (nSPS) is 20.5. The monoisotopic (exact) mass is 422 g/mol. The summed E-state index contributed by atoms with van der Waals surface area (Å²) in [5.74, 6) is 0.256. The number of esters is 1. The van der Waals surface area contributed by atoms with Crippen molar-refractivity contribution in [3.05, 3.63) is 45.6 Å². The van der Waals surface area contributed by atoms with E-state index in [0.717, 1.165) is 10.0 Å². The van der Waals surface area contributed by atoms with Crippen LogP contribution < -0.4 is 0 Å². The fraction of sp³-hybridized carbons (Fsp3) is 0.389. The summed E-state index contributed by atoms with van der Waals surface area (Å²) in [7, 11) is 0. The Morgan fingerprint density at radius 2 is 2.20 bits per heavy atom. The van der Waals surface area contributed by atoms with Crippen molar-refractivity contribution in [3.63, 3.8) is 0 Å². The van der Waals surface area contributed by atoms with Crippen LogP contribution in [-0.2, 0) is 14.3 Å². The summed E-state index contributed by atoms with van der Waals surface area (Å²) < 4.78 is 6.32. The van der Waals surface area contributed by atoms with E-state index in [1.54, 1.807) is 37.4 Å². The SMILES string of the molecule is CC1=C(C(=O)OC(C)C)[C@@H](c2cccc(Br)c2)N2C(=O)CCSC2=N1. The van der Waals surface area contributed by atoms with Gasteiger partial charge >= 0.3 is 5.97 Å². The van der Waals surface area contributed by atoms with Crippen LogP contribution in [0.2, 0.25) is 0 Å². The van der Waals surface area contributed by atoms with Gasteiger partial charge in [-0.05, 0) is 38.5 Å². The molecule has 2 aliphatic heterocycles. The number of ether oxygens (including phenoxy) is 1. The van der Waals surface area contributed by atoms with E-state index in [-0.39, 0.29) is 12.0 Å². The highest BCUT2D eigenvalue weighted by Gasteiger charge is 2.41. The van der Waals surface area contributed by atoms with Crippen molar-refractivity contribution < 1.29 is 14.3 Å². The number of amidine groups is 1. The Kier molecular flexibility index (Phi) is 5.34. The average Bonchev–Trinajstić information content (AvgIpc) is 2.53. The van der Waals surface area contributed by atoms with Gasteiger partial charge < -0.3 is 4.74 Å². The van der Waals surface area contributed by atoms with Crippen molar-refractivity contribution in [1.82, 2.24) is 4.90 Å². The van der Waals surface area contributed by atoms with Crippen LogP contribution in [0.5, 0.6) is 0 Å². The van der Waals surface area contributed by atoms with Crippen molar-refractivity contribution in [3.8, 4) is 0 Å². The molecule has 5 nitrogen and oxygen atoms in total. The zero-order chi connectivity index (χ0) is 18.1. The fourth-order valence-corrected chi connectivity index (χ4v) is 4.35. The molecule has 3 rings (SSSR count). The van der Waals surface area contributed by atoms with Crippen LogP contribution in [0.1, 0.15) is 38.8 Å². The van der Waals surface area contributed by atoms with E-state index < -0.39 is 12.0 Å². The molecule has 0 spiro atoms. The predicted octanol–water partition coefficient (Wildman–Crippen LogP) is 4.05. The summed E-state index contributed by atoms with van der Waals surface area (Å²) in [5.41, 5.74) is 1.88. The first kappa shape index (κ1) is 18.2. The molecule has 1 aromatic carbocycles. The summed E-state index contributed by atoms with van der Waals surface area (Å²) in [6.45, 7) is 5.41. The molecule has 0 bridgehead atoms. The first-order valence-electron chi connectivity index (χ1n) is 8.09. The van der Waals surface area contributed by atoms with Crippen LogP contribution in [0.3, 0.4) is 0 Å². The number of amides is 1. The molecule has 132 valence electrons. The lowest BCUT2D eigenvalue weighted by molar-refractivity contribution is -0.143. The summed E-state index contributed by atoms with van der Waals surface area (Å²) in [6.07, 6.45) is 0.187. The van der Waals surface area contributed by atoms with Crippen molar-refractivity contribution in [2.75, 3.05) is 5.75 Å². The van der Waals surface area contributed by atoms with Crippen LogP contribution in [0, 0.1) is 0 Å². The molecule has 0 N–H and O–H groups in total. The van der Waals surface area contributed by atoms with Gasteiger partial charge in [0.25, 0.3) is 0 Å². The number of carbonyl (C=O) groups excluding carboxylic acids is 2. The zero-order valence-electron chi connectivity index (χ0n) is 14.3. The molecule has 1 aromatic rings. The first-order chi connectivity index (χ1) is 11.9. The van der Waals surface area contributed by atoms with Gasteiger partial charge in [-0.15, -0.1) is 0 Å². The van der Waals surface area contributed by atoms with E-state index in [2.05, 4.69) is 20.9 Å². The third-order valence-corrected chi connectivity index (χ3v) is 5.38. The fourth-order valence-electron chi connectivity index (χ4n) is 2.93. The van der Waals surface area contributed by atoms with Crippen molar-refractivity contribution in [2.45, 2.75) is 39.3 Å². The van der Waals surface area contributed by atoms with E-state index in [1.807, 2.05) is 24.3 Å². The third-order valence-electron chi connectivity index (χ3n) is 3.93. The molecule has 1 amide bonds. The number of thioether (sulfide) groups is 1. The lowest BCUT2D eigenvalue weighted by Gasteiger charge is -2.39. The molecule has 0 radical (unpaired) electrons. The van der Waals surface area contributed by atoms with Crippen LogP contribution in [0.15, 0.2) is 45.0 Å². The maximum absolute atomic E-state index is 12.8. The Bertz CT molecular complexity index is 788. The van der Waals surface area contributed by atoms with Gasteiger partial charge in [0, 0.05) is 16.6 Å².